The Labute approximate surface area is 66.4 Å². The van der Waals surface area contributed by atoms with Crippen molar-refractivity contribution in [2.24, 2.45) is 4.40 Å². The van der Waals surface area contributed by atoms with E-state index >= 15 is 0 Å². The van der Waals surface area contributed by atoms with Gasteiger partial charge in [-0.05, 0) is 13.3 Å². The second-order valence-corrected chi connectivity index (χ2v) is 4.31. The molecule has 0 radical (unpaired) electrons. The first kappa shape index (κ1) is 10.3. The van der Waals surface area contributed by atoms with Crippen LogP contribution in [0, 0.1) is 0 Å². The average molecular weight is 177 g/mol. The predicted octanol–water partition coefficient (Wildman–Crippen LogP) is 0.841. The van der Waals surface area contributed by atoms with E-state index in [9.17, 15) is 13.2 Å². The Morgan fingerprint density at radius 2 is 2.09 bits per heavy atom. The average Bonchev–Trinajstić information content (AvgIpc) is 1.88. The van der Waals surface area contributed by atoms with Crippen LogP contribution in [-0.4, -0.2) is 19.7 Å². The monoisotopic (exact) mass is 177 g/mol. The summed E-state index contributed by atoms with van der Waals surface area (Å²) in [5, 5.41) is -0.575. The highest BCUT2D eigenvalue weighted by Gasteiger charge is 2.17. The number of hydrogen-bond acceptors (Lipinski definition) is 3. The Morgan fingerprint density at radius 1 is 1.55 bits per heavy atom. The summed E-state index contributed by atoms with van der Waals surface area (Å²) < 4.78 is 24.5. The van der Waals surface area contributed by atoms with Gasteiger partial charge in [-0.1, -0.05) is 17.7 Å². The van der Waals surface area contributed by atoms with Gasteiger partial charge in [0.25, 0.3) is 16.1 Å². The molecule has 11 heavy (non-hydrogen) atoms. The zero-order chi connectivity index (χ0) is 8.91. The van der Waals surface area contributed by atoms with Gasteiger partial charge in [0.15, 0.2) is 0 Å². The standard InChI is InChI=1S/C6H11NO3S/c1-3-4-6(2)11(9,10)7-5-8/h6H,3-4H2,1-2H3. The molecule has 4 nitrogen and oxygen atoms in total. The highest BCUT2D eigenvalue weighted by atomic mass is 32.2. The molecule has 0 aromatic carbocycles. The molecule has 0 aromatic heterocycles. The van der Waals surface area contributed by atoms with E-state index in [2.05, 4.69) is 4.40 Å². The van der Waals surface area contributed by atoms with Crippen molar-refractivity contribution in [3.63, 3.8) is 0 Å². The van der Waals surface area contributed by atoms with E-state index in [-0.39, 0.29) is 0 Å². The molecule has 0 aliphatic heterocycles. The van der Waals surface area contributed by atoms with Crippen LogP contribution in [0.4, 0.5) is 0 Å². The number of isocyanates is 1. The molecule has 1 atom stereocenters. The van der Waals surface area contributed by atoms with Crippen molar-refractivity contribution in [3.8, 4) is 0 Å². The zero-order valence-electron chi connectivity index (χ0n) is 6.57. The third-order valence-corrected chi connectivity index (χ3v) is 2.95. The summed E-state index contributed by atoms with van der Waals surface area (Å²) in [6, 6.07) is 0. The van der Waals surface area contributed by atoms with Crippen LogP contribution in [-0.2, 0) is 14.8 Å². The number of carbonyl (C=O) groups excluding carboxylic acids is 1. The van der Waals surface area contributed by atoms with Crippen LogP contribution in [0.1, 0.15) is 26.7 Å². The zero-order valence-corrected chi connectivity index (χ0v) is 7.39. The van der Waals surface area contributed by atoms with Crippen molar-refractivity contribution in [2.75, 3.05) is 0 Å². The molecule has 1 unspecified atom stereocenters. The van der Waals surface area contributed by atoms with Gasteiger partial charge in [0, 0.05) is 0 Å². The molecule has 0 saturated heterocycles. The summed E-state index contributed by atoms with van der Waals surface area (Å²) in [5.74, 6) is 0. The van der Waals surface area contributed by atoms with Crippen LogP contribution in [0.25, 0.3) is 0 Å². The van der Waals surface area contributed by atoms with Crippen molar-refractivity contribution in [1.29, 1.82) is 0 Å². The minimum atomic E-state index is -3.57. The lowest BCUT2D eigenvalue weighted by atomic mass is 10.3. The molecule has 0 aromatic rings. The molecule has 0 aliphatic rings. The van der Waals surface area contributed by atoms with E-state index in [0.29, 0.717) is 6.42 Å². The van der Waals surface area contributed by atoms with E-state index in [0.717, 1.165) is 12.5 Å². The highest BCUT2D eigenvalue weighted by molar-refractivity contribution is 7.90. The van der Waals surface area contributed by atoms with Gasteiger partial charge in [0.2, 0.25) is 0 Å². The topological polar surface area (TPSA) is 63.6 Å². The third kappa shape index (κ3) is 3.30. The number of rotatable bonds is 4. The maximum absolute atomic E-state index is 10.9. The largest absolute Gasteiger partial charge is 0.266 e. The SMILES string of the molecule is CCCC(C)S(=O)(=O)N=C=O. The minimum absolute atomic E-state index is 0.521. The Morgan fingerprint density at radius 3 is 2.45 bits per heavy atom. The van der Waals surface area contributed by atoms with E-state index in [1.54, 1.807) is 0 Å². The summed E-state index contributed by atoms with van der Waals surface area (Å²) in [6.07, 6.45) is 2.31. The lowest BCUT2D eigenvalue weighted by Gasteiger charge is -2.03. The van der Waals surface area contributed by atoms with Gasteiger partial charge >= 0.3 is 0 Å². The van der Waals surface area contributed by atoms with E-state index in [4.69, 9.17) is 0 Å². The molecular formula is C6H11NO3S. The van der Waals surface area contributed by atoms with Gasteiger partial charge in [-0.15, -0.1) is 0 Å². The molecule has 64 valence electrons. The Balaban J connectivity index is 4.43. The fourth-order valence-electron chi connectivity index (χ4n) is 0.697. The molecule has 0 heterocycles. The van der Waals surface area contributed by atoms with E-state index in [1.807, 2.05) is 6.92 Å². The fourth-order valence-corrected chi connectivity index (χ4v) is 1.51. The lowest BCUT2D eigenvalue weighted by molar-refractivity contribution is 0.560. The molecule has 0 amide bonds. The molecule has 0 N–H and O–H groups in total. The maximum atomic E-state index is 10.9. The summed E-state index contributed by atoms with van der Waals surface area (Å²) >= 11 is 0. The van der Waals surface area contributed by atoms with E-state index in [1.165, 1.54) is 6.92 Å². The summed E-state index contributed by atoms with van der Waals surface area (Å²) in [5.41, 5.74) is 0. The molecule has 0 rings (SSSR count). The van der Waals surface area contributed by atoms with Crippen molar-refractivity contribution in [1.82, 2.24) is 0 Å². The molecule has 5 heteroatoms. The van der Waals surface area contributed by atoms with Crippen molar-refractivity contribution >= 4 is 16.1 Å². The Kier molecular flexibility index (Phi) is 4.00. The lowest BCUT2D eigenvalue weighted by Crippen LogP contribution is -2.14. The van der Waals surface area contributed by atoms with Crippen LogP contribution in [0.5, 0.6) is 0 Å². The van der Waals surface area contributed by atoms with Crippen LogP contribution in [0.15, 0.2) is 4.40 Å². The van der Waals surface area contributed by atoms with Gasteiger partial charge in [-0.2, -0.15) is 0 Å². The Hall–Kier alpha value is -0.670. The third-order valence-electron chi connectivity index (χ3n) is 1.37. The summed E-state index contributed by atoms with van der Waals surface area (Å²) in [4.78, 5) is 9.66. The number of hydrogen-bond donors (Lipinski definition) is 0. The van der Waals surface area contributed by atoms with Gasteiger partial charge in [0.05, 0.1) is 5.25 Å². The first-order valence-electron chi connectivity index (χ1n) is 3.37. The fraction of sp³-hybridized carbons (Fsp3) is 0.833. The van der Waals surface area contributed by atoms with Crippen molar-refractivity contribution in [3.05, 3.63) is 0 Å². The maximum Gasteiger partial charge on any atom is 0.266 e. The van der Waals surface area contributed by atoms with Gasteiger partial charge in [0.1, 0.15) is 0 Å². The quantitative estimate of drug-likeness (QED) is 0.472. The molecule has 0 saturated carbocycles. The first-order chi connectivity index (χ1) is 5.04. The van der Waals surface area contributed by atoms with Crippen molar-refractivity contribution in [2.45, 2.75) is 31.9 Å². The second-order valence-electron chi connectivity index (χ2n) is 2.30. The normalized spacial score (nSPS) is 13.6. The van der Waals surface area contributed by atoms with Crippen LogP contribution >= 0.6 is 0 Å². The number of nitrogens with zero attached hydrogens (tertiary/aromatic N) is 1. The molecule has 0 bridgehead atoms. The Bertz CT molecular complexity index is 251. The summed E-state index contributed by atoms with van der Waals surface area (Å²) in [7, 11) is -3.57. The van der Waals surface area contributed by atoms with Gasteiger partial charge < -0.3 is 0 Å². The molecule has 0 aliphatic carbocycles. The van der Waals surface area contributed by atoms with Crippen LogP contribution in [0.2, 0.25) is 0 Å². The number of sulfonamides is 1. The predicted molar refractivity (Wildman–Crippen MR) is 41.4 cm³/mol. The van der Waals surface area contributed by atoms with Crippen LogP contribution in [0.3, 0.4) is 0 Å². The van der Waals surface area contributed by atoms with E-state index < -0.39 is 15.3 Å². The van der Waals surface area contributed by atoms with Crippen LogP contribution < -0.4 is 0 Å². The second kappa shape index (κ2) is 4.26. The van der Waals surface area contributed by atoms with Crippen molar-refractivity contribution < 1.29 is 13.2 Å². The van der Waals surface area contributed by atoms with Gasteiger partial charge in [-0.3, -0.25) is 0 Å². The first-order valence-corrected chi connectivity index (χ1v) is 4.88. The molecular weight excluding hydrogens is 166 g/mol. The highest BCUT2D eigenvalue weighted by Crippen LogP contribution is 2.08. The summed E-state index contributed by atoms with van der Waals surface area (Å²) in [6.45, 7) is 3.40. The minimum Gasteiger partial charge on any atom is -0.210 e. The molecule has 0 spiro atoms. The smallest absolute Gasteiger partial charge is 0.210 e. The van der Waals surface area contributed by atoms with Gasteiger partial charge in [-0.25, -0.2) is 13.2 Å². The molecule has 0 fully saturated rings.